The molecule has 0 aliphatic carbocycles. The first-order chi connectivity index (χ1) is 13.4. The van der Waals surface area contributed by atoms with Crippen LogP contribution in [0.1, 0.15) is 18.1 Å². The van der Waals surface area contributed by atoms with Crippen molar-refractivity contribution in [1.29, 1.82) is 0 Å². The van der Waals surface area contributed by atoms with E-state index < -0.39 is 23.8 Å². The highest BCUT2D eigenvalue weighted by atomic mass is 19.1. The lowest BCUT2D eigenvalue weighted by atomic mass is 10.1. The molecule has 0 radical (unpaired) electrons. The second kappa shape index (κ2) is 10.2. The Bertz CT molecular complexity index is 850. The second-order valence-corrected chi connectivity index (χ2v) is 5.97. The van der Waals surface area contributed by atoms with Gasteiger partial charge in [-0.05, 0) is 54.8 Å². The first-order valence-electron chi connectivity index (χ1n) is 8.63. The molecule has 2 rings (SSSR count). The molecule has 0 spiro atoms. The van der Waals surface area contributed by atoms with Gasteiger partial charge in [-0.2, -0.15) is 0 Å². The summed E-state index contributed by atoms with van der Waals surface area (Å²) in [4.78, 5) is 23.8. The summed E-state index contributed by atoms with van der Waals surface area (Å²) in [5, 5.41) is 2.65. The van der Waals surface area contributed by atoms with Crippen LogP contribution in [-0.4, -0.2) is 31.6 Å². The van der Waals surface area contributed by atoms with Crippen molar-refractivity contribution in [2.24, 2.45) is 0 Å². The molecular weight excluding hydrogens is 368 g/mol. The van der Waals surface area contributed by atoms with Crippen molar-refractivity contribution in [3.63, 3.8) is 0 Å². The average molecular weight is 389 g/mol. The van der Waals surface area contributed by atoms with Crippen LogP contribution in [0.5, 0.6) is 5.75 Å². The van der Waals surface area contributed by atoms with E-state index in [4.69, 9.17) is 9.47 Å². The monoisotopic (exact) mass is 389 g/mol. The van der Waals surface area contributed by atoms with Gasteiger partial charge in [-0.3, -0.25) is 4.79 Å². The fourth-order valence-corrected chi connectivity index (χ4v) is 2.34. The van der Waals surface area contributed by atoms with E-state index in [0.29, 0.717) is 18.5 Å². The highest BCUT2D eigenvalue weighted by Gasteiger charge is 2.16. The van der Waals surface area contributed by atoms with Gasteiger partial charge in [0.25, 0.3) is 5.91 Å². The Hall–Kier alpha value is -3.22. The topological polar surface area (TPSA) is 64.6 Å². The van der Waals surface area contributed by atoms with E-state index in [1.54, 1.807) is 18.2 Å². The molecule has 7 heteroatoms. The van der Waals surface area contributed by atoms with Gasteiger partial charge in [0.1, 0.15) is 5.82 Å². The van der Waals surface area contributed by atoms with Crippen LogP contribution in [0.15, 0.2) is 48.5 Å². The lowest BCUT2D eigenvalue weighted by molar-refractivity contribution is -0.150. The van der Waals surface area contributed by atoms with E-state index >= 15 is 0 Å². The number of esters is 1. The predicted octanol–water partition coefficient (Wildman–Crippen LogP) is 3.28. The van der Waals surface area contributed by atoms with Crippen molar-refractivity contribution in [2.75, 3.05) is 13.7 Å². The quantitative estimate of drug-likeness (QED) is 0.556. The number of rotatable bonds is 8. The molecule has 1 amide bonds. The molecule has 0 bridgehead atoms. The molecule has 28 heavy (non-hydrogen) atoms. The van der Waals surface area contributed by atoms with Gasteiger partial charge in [0.05, 0.1) is 7.11 Å². The standard InChI is InChI=1S/C21H21F2NO4/c1-14(21(26)24-12-11-15-3-7-17(22)8-4-15)28-20(25)10-6-16-5-9-19(27-2)18(23)13-16/h3-10,13-14H,11-12H2,1-2H3,(H,24,26)/b10-6+/t14-/m0/s1. The molecule has 148 valence electrons. The number of ether oxygens (including phenoxy) is 2. The summed E-state index contributed by atoms with van der Waals surface area (Å²) in [6.07, 6.45) is 2.03. The minimum atomic E-state index is -0.988. The van der Waals surface area contributed by atoms with Gasteiger partial charge < -0.3 is 14.8 Å². The Morgan fingerprint density at radius 3 is 2.50 bits per heavy atom. The first kappa shape index (κ1) is 21.1. The number of carbonyl (C=O) groups is 2. The van der Waals surface area contributed by atoms with E-state index in [1.807, 2.05) is 0 Å². The molecule has 0 saturated carbocycles. The van der Waals surface area contributed by atoms with Crippen LogP contribution in [0.4, 0.5) is 8.78 Å². The number of carbonyl (C=O) groups excluding carboxylic acids is 2. The first-order valence-corrected chi connectivity index (χ1v) is 8.63. The lowest BCUT2D eigenvalue weighted by Gasteiger charge is -2.12. The molecule has 2 aromatic rings. The zero-order chi connectivity index (χ0) is 20.5. The molecule has 0 aliphatic rings. The summed E-state index contributed by atoms with van der Waals surface area (Å²) in [6.45, 7) is 1.78. The van der Waals surface area contributed by atoms with E-state index in [1.165, 1.54) is 44.4 Å². The van der Waals surface area contributed by atoms with E-state index in [9.17, 15) is 18.4 Å². The number of amides is 1. The number of nitrogens with one attached hydrogen (secondary N) is 1. The maximum absolute atomic E-state index is 13.6. The second-order valence-electron chi connectivity index (χ2n) is 5.97. The third-order valence-corrected chi connectivity index (χ3v) is 3.88. The third kappa shape index (κ3) is 6.50. The fraction of sp³-hybridized carbons (Fsp3) is 0.238. The van der Waals surface area contributed by atoms with E-state index in [0.717, 1.165) is 11.6 Å². The summed E-state index contributed by atoms with van der Waals surface area (Å²) < 4.78 is 36.3. The van der Waals surface area contributed by atoms with Crippen molar-refractivity contribution >= 4 is 18.0 Å². The molecule has 0 aliphatic heterocycles. The number of halogens is 2. The summed E-state index contributed by atoms with van der Waals surface area (Å²) >= 11 is 0. The Labute approximate surface area is 162 Å². The van der Waals surface area contributed by atoms with Crippen LogP contribution in [0, 0.1) is 11.6 Å². The Morgan fingerprint density at radius 1 is 1.14 bits per heavy atom. The van der Waals surface area contributed by atoms with Crippen molar-refractivity contribution in [2.45, 2.75) is 19.4 Å². The molecule has 0 aromatic heterocycles. The van der Waals surface area contributed by atoms with Gasteiger partial charge in [0.2, 0.25) is 0 Å². The van der Waals surface area contributed by atoms with E-state index in [2.05, 4.69) is 5.32 Å². The SMILES string of the molecule is COc1ccc(/C=C/C(=O)O[C@@H](C)C(=O)NCCc2ccc(F)cc2)cc1F. The van der Waals surface area contributed by atoms with Gasteiger partial charge in [0, 0.05) is 12.6 Å². The van der Waals surface area contributed by atoms with Crippen LogP contribution in [0.25, 0.3) is 6.08 Å². The molecule has 1 atom stereocenters. The summed E-state index contributed by atoms with van der Waals surface area (Å²) in [5.41, 5.74) is 1.33. The van der Waals surface area contributed by atoms with Crippen molar-refractivity contribution in [1.82, 2.24) is 5.32 Å². The van der Waals surface area contributed by atoms with Gasteiger partial charge >= 0.3 is 5.97 Å². The third-order valence-electron chi connectivity index (χ3n) is 3.88. The predicted molar refractivity (Wildman–Crippen MR) is 101 cm³/mol. The van der Waals surface area contributed by atoms with Crippen molar-refractivity contribution in [3.8, 4) is 5.75 Å². The Morgan fingerprint density at radius 2 is 1.86 bits per heavy atom. The van der Waals surface area contributed by atoms with Gasteiger partial charge in [-0.15, -0.1) is 0 Å². The van der Waals surface area contributed by atoms with Gasteiger partial charge in [0.15, 0.2) is 17.7 Å². The summed E-state index contributed by atoms with van der Waals surface area (Å²) in [7, 11) is 1.36. The number of methoxy groups -OCH3 is 1. The number of hydrogen-bond donors (Lipinski definition) is 1. The minimum absolute atomic E-state index is 0.102. The molecule has 0 fully saturated rings. The number of hydrogen-bond acceptors (Lipinski definition) is 4. The highest BCUT2D eigenvalue weighted by Crippen LogP contribution is 2.18. The zero-order valence-electron chi connectivity index (χ0n) is 15.6. The smallest absolute Gasteiger partial charge is 0.331 e. The van der Waals surface area contributed by atoms with Crippen LogP contribution in [0.2, 0.25) is 0 Å². The largest absolute Gasteiger partial charge is 0.494 e. The summed E-state index contributed by atoms with van der Waals surface area (Å²) in [6, 6.07) is 10.2. The van der Waals surface area contributed by atoms with Crippen LogP contribution in [-0.2, 0) is 20.7 Å². The Balaban J connectivity index is 1.78. The summed E-state index contributed by atoms with van der Waals surface area (Å²) in [5.74, 6) is -1.94. The highest BCUT2D eigenvalue weighted by molar-refractivity contribution is 5.90. The molecule has 2 aromatic carbocycles. The van der Waals surface area contributed by atoms with Crippen LogP contribution < -0.4 is 10.1 Å². The van der Waals surface area contributed by atoms with Crippen molar-refractivity contribution < 1.29 is 27.8 Å². The normalized spacial score (nSPS) is 11.9. The Kier molecular flexibility index (Phi) is 7.68. The van der Waals surface area contributed by atoms with Gasteiger partial charge in [-0.25, -0.2) is 13.6 Å². The van der Waals surface area contributed by atoms with Crippen LogP contribution >= 0.6 is 0 Å². The molecule has 1 N–H and O–H groups in total. The maximum atomic E-state index is 13.6. The van der Waals surface area contributed by atoms with Gasteiger partial charge in [-0.1, -0.05) is 18.2 Å². The lowest BCUT2D eigenvalue weighted by Crippen LogP contribution is -2.36. The molecule has 0 heterocycles. The molecule has 5 nitrogen and oxygen atoms in total. The zero-order valence-corrected chi connectivity index (χ0v) is 15.6. The molecular formula is C21H21F2NO4. The van der Waals surface area contributed by atoms with Crippen LogP contribution in [0.3, 0.4) is 0 Å². The number of benzene rings is 2. The van der Waals surface area contributed by atoms with E-state index in [-0.39, 0.29) is 11.6 Å². The molecule has 0 saturated heterocycles. The minimum Gasteiger partial charge on any atom is -0.494 e. The molecule has 0 unspecified atom stereocenters. The maximum Gasteiger partial charge on any atom is 0.331 e. The average Bonchev–Trinajstić information content (AvgIpc) is 2.68. The van der Waals surface area contributed by atoms with Crippen molar-refractivity contribution in [3.05, 3.63) is 71.3 Å². The fourth-order valence-electron chi connectivity index (χ4n) is 2.34.